The highest BCUT2D eigenvalue weighted by Gasteiger charge is 2.13. The Labute approximate surface area is 118 Å². The minimum atomic E-state index is -0.933. The molecule has 0 radical (unpaired) electrons. The first kappa shape index (κ1) is 14.1. The van der Waals surface area contributed by atoms with E-state index in [2.05, 4.69) is 11.1 Å². The fourth-order valence-electron chi connectivity index (χ4n) is 2.19. The van der Waals surface area contributed by atoms with Gasteiger partial charge < -0.3 is 10.0 Å². The van der Waals surface area contributed by atoms with Crippen LogP contribution in [0, 0.1) is 13.8 Å². The van der Waals surface area contributed by atoms with Gasteiger partial charge in [0.1, 0.15) is 5.82 Å². The minimum absolute atomic E-state index is 0.263. The van der Waals surface area contributed by atoms with E-state index in [9.17, 15) is 4.79 Å². The average molecular weight is 270 g/mol. The molecule has 20 heavy (non-hydrogen) atoms. The Bertz CT molecular complexity index is 638. The van der Waals surface area contributed by atoms with E-state index in [4.69, 9.17) is 5.11 Å². The summed E-state index contributed by atoms with van der Waals surface area (Å²) in [6.45, 7) is 6.58. The molecule has 0 aliphatic rings. The van der Waals surface area contributed by atoms with Gasteiger partial charge in [-0.3, -0.25) is 0 Å². The fraction of sp³-hybridized carbons (Fsp3) is 0.250. The molecule has 4 heteroatoms. The highest BCUT2D eigenvalue weighted by Crippen LogP contribution is 2.25. The van der Waals surface area contributed by atoms with Gasteiger partial charge in [-0.2, -0.15) is 0 Å². The zero-order valence-electron chi connectivity index (χ0n) is 11.9. The number of hydrogen-bond acceptors (Lipinski definition) is 3. The number of aromatic carboxylic acids is 1. The predicted molar refractivity (Wildman–Crippen MR) is 79.8 cm³/mol. The van der Waals surface area contributed by atoms with Crippen molar-refractivity contribution in [3.05, 3.63) is 53.2 Å². The molecule has 0 fully saturated rings. The Morgan fingerprint density at radius 2 is 2.00 bits per heavy atom. The number of anilines is 2. The molecule has 0 bridgehead atoms. The van der Waals surface area contributed by atoms with Gasteiger partial charge in [0.15, 0.2) is 0 Å². The maximum Gasteiger partial charge on any atom is 0.335 e. The third-order valence-electron chi connectivity index (χ3n) is 3.09. The van der Waals surface area contributed by atoms with Crippen LogP contribution in [0.3, 0.4) is 0 Å². The molecule has 0 saturated carbocycles. The highest BCUT2D eigenvalue weighted by molar-refractivity contribution is 5.89. The van der Waals surface area contributed by atoms with Crippen LogP contribution >= 0.6 is 0 Å². The first-order valence-corrected chi connectivity index (χ1v) is 6.57. The second-order valence-electron chi connectivity index (χ2n) is 4.74. The van der Waals surface area contributed by atoms with E-state index in [-0.39, 0.29) is 5.56 Å². The van der Waals surface area contributed by atoms with Gasteiger partial charge in [-0.05, 0) is 50.6 Å². The van der Waals surface area contributed by atoms with E-state index in [1.54, 1.807) is 19.1 Å². The van der Waals surface area contributed by atoms with E-state index in [0.717, 1.165) is 17.8 Å². The lowest BCUT2D eigenvalue weighted by atomic mass is 10.2. The van der Waals surface area contributed by atoms with Crippen LogP contribution in [0.15, 0.2) is 36.4 Å². The van der Waals surface area contributed by atoms with Crippen molar-refractivity contribution >= 4 is 17.5 Å². The zero-order valence-corrected chi connectivity index (χ0v) is 11.9. The molecule has 4 nitrogen and oxygen atoms in total. The molecule has 0 aliphatic heterocycles. The number of benzene rings is 1. The summed E-state index contributed by atoms with van der Waals surface area (Å²) in [6, 6.07) is 11.3. The second kappa shape index (κ2) is 5.74. The molecule has 0 atom stereocenters. The topological polar surface area (TPSA) is 53.4 Å². The molecule has 104 valence electrons. The molecule has 1 aromatic carbocycles. The van der Waals surface area contributed by atoms with Crippen molar-refractivity contribution in [2.75, 3.05) is 11.4 Å². The normalized spacial score (nSPS) is 10.3. The lowest BCUT2D eigenvalue weighted by Gasteiger charge is -2.23. The summed E-state index contributed by atoms with van der Waals surface area (Å²) in [4.78, 5) is 17.6. The van der Waals surface area contributed by atoms with Crippen LogP contribution in [0.4, 0.5) is 11.5 Å². The van der Waals surface area contributed by atoms with Crippen LogP contribution in [0.1, 0.15) is 28.5 Å². The third-order valence-corrected chi connectivity index (χ3v) is 3.09. The Hall–Kier alpha value is -2.36. The van der Waals surface area contributed by atoms with Crippen LogP contribution in [-0.4, -0.2) is 22.6 Å². The Morgan fingerprint density at radius 1 is 1.25 bits per heavy atom. The second-order valence-corrected chi connectivity index (χ2v) is 4.74. The molecule has 0 spiro atoms. The molecular weight excluding hydrogens is 252 g/mol. The molecule has 1 N–H and O–H groups in total. The highest BCUT2D eigenvalue weighted by atomic mass is 16.4. The summed E-state index contributed by atoms with van der Waals surface area (Å²) >= 11 is 0. The predicted octanol–water partition coefficient (Wildman–Crippen LogP) is 3.55. The van der Waals surface area contributed by atoms with Crippen molar-refractivity contribution in [3.63, 3.8) is 0 Å². The first-order valence-electron chi connectivity index (χ1n) is 6.57. The summed E-state index contributed by atoms with van der Waals surface area (Å²) in [5.41, 5.74) is 3.14. The molecule has 2 rings (SSSR count). The van der Waals surface area contributed by atoms with Gasteiger partial charge in [0.25, 0.3) is 0 Å². The van der Waals surface area contributed by atoms with Gasteiger partial charge >= 0.3 is 5.97 Å². The molecule has 2 aromatic rings. The number of nitrogens with zero attached hydrogens (tertiary/aromatic N) is 2. The van der Waals surface area contributed by atoms with Crippen molar-refractivity contribution in [1.29, 1.82) is 0 Å². The number of carboxylic acids is 1. The number of carbonyl (C=O) groups is 1. The molecule has 1 heterocycles. The summed E-state index contributed by atoms with van der Waals surface area (Å²) < 4.78 is 0. The summed E-state index contributed by atoms with van der Waals surface area (Å²) in [7, 11) is 0. The lowest BCUT2D eigenvalue weighted by Crippen LogP contribution is -2.18. The van der Waals surface area contributed by atoms with Crippen LogP contribution in [0.5, 0.6) is 0 Å². The Kier molecular flexibility index (Phi) is 4.03. The summed E-state index contributed by atoms with van der Waals surface area (Å²) in [5, 5.41) is 9.16. The number of rotatable bonds is 4. The van der Waals surface area contributed by atoms with E-state index in [0.29, 0.717) is 11.5 Å². The third kappa shape index (κ3) is 2.96. The largest absolute Gasteiger partial charge is 0.478 e. The van der Waals surface area contributed by atoms with Gasteiger partial charge in [-0.15, -0.1) is 0 Å². The lowest BCUT2D eigenvalue weighted by molar-refractivity contribution is 0.0696. The standard InChI is InChI=1S/C16H18N2O2/c1-4-18(14-7-5-6-11(2)8-14)15-10-13(16(19)20)9-12(3)17-15/h5-10H,4H2,1-3H3,(H,19,20). The quantitative estimate of drug-likeness (QED) is 0.923. The van der Waals surface area contributed by atoms with Crippen molar-refractivity contribution in [1.82, 2.24) is 4.98 Å². The molecule has 1 aromatic heterocycles. The Balaban J connectivity index is 2.49. The van der Waals surface area contributed by atoms with E-state index >= 15 is 0 Å². The number of aryl methyl sites for hydroxylation is 2. The molecule has 0 unspecified atom stereocenters. The maximum atomic E-state index is 11.2. The average Bonchev–Trinajstić information content (AvgIpc) is 2.39. The maximum absolute atomic E-state index is 11.2. The number of pyridine rings is 1. The molecule has 0 amide bonds. The van der Waals surface area contributed by atoms with Crippen LogP contribution < -0.4 is 4.90 Å². The van der Waals surface area contributed by atoms with E-state index in [1.807, 2.05) is 36.9 Å². The smallest absolute Gasteiger partial charge is 0.335 e. The van der Waals surface area contributed by atoms with Crippen LogP contribution in [-0.2, 0) is 0 Å². The fourth-order valence-corrected chi connectivity index (χ4v) is 2.19. The van der Waals surface area contributed by atoms with Crippen LogP contribution in [0.2, 0.25) is 0 Å². The number of hydrogen-bond donors (Lipinski definition) is 1. The van der Waals surface area contributed by atoms with Gasteiger partial charge in [0, 0.05) is 17.9 Å². The van der Waals surface area contributed by atoms with Gasteiger partial charge in [0.05, 0.1) is 5.56 Å². The monoisotopic (exact) mass is 270 g/mol. The van der Waals surface area contributed by atoms with Gasteiger partial charge in [0.2, 0.25) is 0 Å². The van der Waals surface area contributed by atoms with E-state index in [1.165, 1.54) is 0 Å². The zero-order chi connectivity index (χ0) is 14.7. The van der Waals surface area contributed by atoms with E-state index < -0.39 is 5.97 Å². The summed E-state index contributed by atoms with van der Waals surface area (Å²) in [5.74, 6) is -0.271. The van der Waals surface area contributed by atoms with Crippen molar-refractivity contribution < 1.29 is 9.90 Å². The van der Waals surface area contributed by atoms with Crippen molar-refractivity contribution in [2.45, 2.75) is 20.8 Å². The van der Waals surface area contributed by atoms with Gasteiger partial charge in [-0.1, -0.05) is 12.1 Å². The minimum Gasteiger partial charge on any atom is -0.478 e. The molecular formula is C16H18N2O2. The molecule has 0 aliphatic carbocycles. The molecule has 0 saturated heterocycles. The Morgan fingerprint density at radius 3 is 2.60 bits per heavy atom. The number of carboxylic acid groups (broad SMARTS) is 1. The first-order chi connectivity index (χ1) is 9.51. The number of aromatic nitrogens is 1. The van der Waals surface area contributed by atoms with Crippen molar-refractivity contribution in [3.8, 4) is 0 Å². The van der Waals surface area contributed by atoms with Gasteiger partial charge in [-0.25, -0.2) is 9.78 Å². The summed E-state index contributed by atoms with van der Waals surface area (Å²) in [6.07, 6.45) is 0. The SMILES string of the molecule is CCN(c1cccc(C)c1)c1cc(C(=O)O)cc(C)n1. The van der Waals surface area contributed by atoms with Crippen molar-refractivity contribution in [2.24, 2.45) is 0 Å². The van der Waals surface area contributed by atoms with Crippen LogP contribution in [0.25, 0.3) is 0 Å².